The van der Waals surface area contributed by atoms with E-state index >= 15 is 0 Å². The van der Waals surface area contributed by atoms with Crippen molar-refractivity contribution >= 4 is 11.8 Å². The Balaban J connectivity index is 1.71. The molecule has 2 amide bonds. The topological polar surface area (TPSA) is 81.2 Å². The molecule has 30 heavy (non-hydrogen) atoms. The van der Waals surface area contributed by atoms with Crippen LogP contribution in [0.4, 0.5) is 0 Å². The molecule has 1 aliphatic heterocycles. The Hall–Kier alpha value is -3.41. The number of para-hydroxylation sites is 1. The van der Waals surface area contributed by atoms with Gasteiger partial charge in [-0.15, -0.1) is 0 Å². The van der Waals surface area contributed by atoms with Crippen molar-refractivity contribution in [2.24, 2.45) is 11.7 Å². The average molecular weight is 402 g/mol. The fraction of sp³-hybridized carbons (Fsp3) is 0.292. The number of amides is 2. The summed E-state index contributed by atoms with van der Waals surface area (Å²) in [5.74, 6) is -0.517. The SMILES string of the molecule is Cc1ccc(-c2cc(C(=O)N3CCC(C(N)=O)CC3)n(-c3ccccc3)n2)cc1C. The fourth-order valence-corrected chi connectivity index (χ4v) is 3.87. The Morgan fingerprint density at radius 3 is 2.30 bits per heavy atom. The standard InChI is InChI=1S/C24H26N4O2/c1-16-8-9-19(14-17(16)2)21-15-22(28(26-21)20-6-4-3-5-7-20)24(30)27-12-10-18(11-13-27)23(25)29/h3-9,14-15,18H,10-13H2,1-2H3,(H2,25,29). The van der Waals surface area contributed by atoms with Crippen molar-refractivity contribution in [3.05, 3.63) is 71.4 Å². The molecule has 2 aromatic carbocycles. The van der Waals surface area contributed by atoms with Crippen LogP contribution in [-0.4, -0.2) is 39.6 Å². The molecule has 0 saturated carbocycles. The van der Waals surface area contributed by atoms with Crippen LogP contribution in [0.25, 0.3) is 16.9 Å². The Kier molecular flexibility index (Phi) is 5.40. The number of benzene rings is 2. The minimum atomic E-state index is -0.284. The highest BCUT2D eigenvalue weighted by Crippen LogP contribution is 2.26. The number of aromatic nitrogens is 2. The van der Waals surface area contributed by atoms with Gasteiger partial charge in [0.25, 0.3) is 5.91 Å². The van der Waals surface area contributed by atoms with Crippen LogP contribution in [0.2, 0.25) is 0 Å². The van der Waals surface area contributed by atoms with Crippen molar-refractivity contribution in [1.82, 2.24) is 14.7 Å². The largest absolute Gasteiger partial charge is 0.369 e. The third kappa shape index (κ3) is 3.85. The fourth-order valence-electron chi connectivity index (χ4n) is 3.87. The van der Waals surface area contributed by atoms with Crippen LogP contribution in [0.15, 0.2) is 54.6 Å². The first kappa shape index (κ1) is 19.9. The number of nitrogens with two attached hydrogens (primary N) is 1. The molecule has 0 atom stereocenters. The van der Waals surface area contributed by atoms with Gasteiger partial charge in [-0.05, 0) is 62.1 Å². The number of likely N-dealkylation sites (tertiary alicyclic amines) is 1. The summed E-state index contributed by atoms with van der Waals surface area (Å²) < 4.78 is 1.72. The molecule has 0 unspecified atom stereocenters. The molecule has 1 saturated heterocycles. The van der Waals surface area contributed by atoms with E-state index < -0.39 is 0 Å². The van der Waals surface area contributed by atoms with Gasteiger partial charge < -0.3 is 10.6 Å². The van der Waals surface area contributed by atoms with Crippen molar-refractivity contribution in [2.75, 3.05) is 13.1 Å². The monoisotopic (exact) mass is 402 g/mol. The summed E-state index contributed by atoms with van der Waals surface area (Å²) in [7, 11) is 0. The molecule has 0 bridgehead atoms. The number of hydrogen-bond donors (Lipinski definition) is 1. The third-order valence-electron chi connectivity index (χ3n) is 5.92. The molecule has 0 aliphatic carbocycles. The summed E-state index contributed by atoms with van der Waals surface area (Å²) in [6.45, 7) is 5.19. The first-order valence-corrected chi connectivity index (χ1v) is 10.3. The van der Waals surface area contributed by atoms with Gasteiger partial charge in [0.15, 0.2) is 0 Å². The molecule has 1 fully saturated rings. The number of piperidine rings is 1. The van der Waals surface area contributed by atoms with E-state index in [0.717, 1.165) is 16.9 Å². The number of aryl methyl sites for hydroxylation is 2. The zero-order chi connectivity index (χ0) is 21.3. The zero-order valence-electron chi connectivity index (χ0n) is 17.3. The maximum Gasteiger partial charge on any atom is 0.272 e. The first-order chi connectivity index (χ1) is 14.4. The summed E-state index contributed by atoms with van der Waals surface area (Å²) >= 11 is 0. The van der Waals surface area contributed by atoms with Gasteiger partial charge in [-0.3, -0.25) is 9.59 Å². The van der Waals surface area contributed by atoms with Crippen LogP contribution in [0.1, 0.15) is 34.5 Å². The van der Waals surface area contributed by atoms with Crippen molar-refractivity contribution < 1.29 is 9.59 Å². The summed E-state index contributed by atoms with van der Waals surface area (Å²) in [5.41, 5.74) is 10.9. The van der Waals surface area contributed by atoms with E-state index in [1.807, 2.05) is 42.5 Å². The molecule has 0 radical (unpaired) electrons. The summed E-state index contributed by atoms with van der Waals surface area (Å²) in [6.07, 6.45) is 1.20. The number of carbonyl (C=O) groups excluding carboxylic acids is 2. The highest BCUT2D eigenvalue weighted by molar-refractivity contribution is 5.94. The summed E-state index contributed by atoms with van der Waals surface area (Å²) in [6, 6.07) is 17.7. The smallest absolute Gasteiger partial charge is 0.272 e. The number of rotatable bonds is 4. The van der Waals surface area contributed by atoms with Crippen molar-refractivity contribution in [3.63, 3.8) is 0 Å². The molecule has 4 rings (SSSR count). The summed E-state index contributed by atoms with van der Waals surface area (Å²) in [5, 5.41) is 4.78. The Bertz CT molecular complexity index is 1080. The molecular weight excluding hydrogens is 376 g/mol. The van der Waals surface area contributed by atoms with Crippen LogP contribution in [0.5, 0.6) is 0 Å². The van der Waals surface area contributed by atoms with Gasteiger partial charge >= 0.3 is 0 Å². The van der Waals surface area contributed by atoms with E-state index in [0.29, 0.717) is 31.6 Å². The first-order valence-electron chi connectivity index (χ1n) is 10.3. The Morgan fingerprint density at radius 1 is 0.967 bits per heavy atom. The van der Waals surface area contributed by atoms with Gasteiger partial charge in [0.2, 0.25) is 5.91 Å². The van der Waals surface area contributed by atoms with Crippen LogP contribution >= 0.6 is 0 Å². The Labute approximate surface area is 176 Å². The molecule has 0 spiro atoms. The lowest BCUT2D eigenvalue weighted by atomic mass is 9.96. The van der Waals surface area contributed by atoms with Crippen molar-refractivity contribution in [2.45, 2.75) is 26.7 Å². The van der Waals surface area contributed by atoms with E-state index in [9.17, 15) is 9.59 Å². The van der Waals surface area contributed by atoms with Gasteiger partial charge in [-0.2, -0.15) is 5.10 Å². The molecule has 1 aromatic heterocycles. The number of primary amides is 1. The normalized spacial score (nSPS) is 14.7. The van der Waals surface area contributed by atoms with Crippen LogP contribution in [0, 0.1) is 19.8 Å². The van der Waals surface area contributed by atoms with E-state index in [1.165, 1.54) is 11.1 Å². The highest BCUT2D eigenvalue weighted by Gasteiger charge is 2.29. The maximum absolute atomic E-state index is 13.4. The Morgan fingerprint density at radius 2 is 1.67 bits per heavy atom. The lowest BCUT2D eigenvalue weighted by Gasteiger charge is -2.30. The molecule has 2 heterocycles. The van der Waals surface area contributed by atoms with Gasteiger partial charge in [-0.1, -0.05) is 30.3 Å². The predicted molar refractivity (Wildman–Crippen MR) is 116 cm³/mol. The second-order valence-electron chi connectivity index (χ2n) is 7.93. The van der Waals surface area contributed by atoms with Gasteiger partial charge in [0, 0.05) is 24.6 Å². The molecule has 6 heteroatoms. The maximum atomic E-state index is 13.4. The van der Waals surface area contributed by atoms with E-state index in [1.54, 1.807) is 9.58 Å². The quantitative estimate of drug-likeness (QED) is 0.725. The zero-order valence-corrected chi connectivity index (χ0v) is 17.3. The summed E-state index contributed by atoms with van der Waals surface area (Å²) in [4.78, 5) is 26.6. The molecule has 3 aromatic rings. The van der Waals surface area contributed by atoms with Gasteiger partial charge in [0.1, 0.15) is 5.69 Å². The number of carbonyl (C=O) groups is 2. The lowest BCUT2D eigenvalue weighted by molar-refractivity contribution is -0.123. The third-order valence-corrected chi connectivity index (χ3v) is 5.92. The van der Waals surface area contributed by atoms with Crippen LogP contribution < -0.4 is 5.73 Å². The van der Waals surface area contributed by atoms with E-state index in [2.05, 4.69) is 26.0 Å². The molecule has 1 aliphatic rings. The van der Waals surface area contributed by atoms with Crippen molar-refractivity contribution in [1.29, 1.82) is 0 Å². The second-order valence-corrected chi connectivity index (χ2v) is 7.93. The number of hydrogen-bond acceptors (Lipinski definition) is 3. The van der Waals surface area contributed by atoms with Gasteiger partial charge in [0.05, 0.1) is 11.4 Å². The van der Waals surface area contributed by atoms with E-state index in [4.69, 9.17) is 10.8 Å². The van der Waals surface area contributed by atoms with Gasteiger partial charge in [-0.25, -0.2) is 4.68 Å². The average Bonchev–Trinajstić information content (AvgIpc) is 3.21. The van der Waals surface area contributed by atoms with Crippen LogP contribution in [0.3, 0.4) is 0 Å². The van der Waals surface area contributed by atoms with Crippen molar-refractivity contribution in [3.8, 4) is 16.9 Å². The minimum Gasteiger partial charge on any atom is -0.369 e. The highest BCUT2D eigenvalue weighted by atomic mass is 16.2. The predicted octanol–water partition coefficient (Wildman–Crippen LogP) is 3.49. The molecule has 154 valence electrons. The van der Waals surface area contributed by atoms with Crippen LogP contribution in [-0.2, 0) is 4.79 Å². The minimum absolute atomic E-state index is 0.0793. The molecule has 2 N–H and O–H groups in total. The molecular formula is C24H26N4O2. The number of nitrogens with zero attached hydrogens (tertiary/aromatic N) is 3. The van der Waals surface area contributed by atoms with E-state index in [-0.39, 0.29) is 17.7 Å². The molecule has 6 nitrogen and oxygen atoms in total. The second kappa shape index (κ2) is 8.14. The lowest BCUT2D eigenvalue weighted by Crippen LogP contribution is -2.42.